The summed E-state index contributed by atoms with van der Waals surface area (Å²) in [5, 5.41) is 3.46. The Morgan fingerprint density at radius 2 is 2.08 bits per heavy atom. The Labute approximate surface area is 157 Å². The van der Waals surface area contributed by atoms with Crippen molar-refractivity contribution < 1.29 is 18.0 Å². The van der Waals surface area contributed by atoms with E-state index in [1.165, 1.54) is 11.9 Å². The van der Waals surface area contributed by atoms with E-state index in [-0.39, 0.29) is 12.6 Å². The second-order valence-corrected chi connectivity index (χ2v) is 7.08. The third-order valence-electron chi connectivity index (χ3n) is 4.29. The minimum absolute atomic E-state index is 0.105. The van der Waals surface area contributed by atoms with Gasteiger partial charge in [-0.3, -0.25) is 4.79 Å². The minimum atomic E-state index is -3.03. The molecule has 1 fully saturated rings. The molecule has 1 amide bonds. The Morgan fingerprint density at radius 3 is 2.65 bits per heavy atom. The summed E-state index contributed by atoms with van der Waals surface area (Å²) in [4.78, 5) is 14.3. The number of halogens is 4. The molecule has 1 heterocycles. The number of hydrogen-bond acceptors (Lipinski definition) is 2. The van der Waals surface area contributed by atoms with Crippen LogP contribution < -0.4 is 0 Å². The van der Waals surface area contributed by atoms with Crippen LogP contribution in [-0.4, -0.2) is 33.2 Å². The van der Waals surface area contributed by atoms with Crippen LogP contribution in [0.25, 0.3) is 5.57 Å². The van der Waals surface area contributed by atoms with Crippen LogP contribution in [0.3, 0.4) is 0 Å². The molecule has 1 saturated carbocycles. The molecule has 0 unspecified atom stereocenters. The van der Waals surface area contributed by atoms with Crippen molar-refractivity contribution in [2.75, 3.05) is 6.54 Å². The van der Waals surface area contributed by atoms with E-state index in [1.807, 2.05) is 24.3 Å². The van der Waals surface area contributed by atoms with Gasteiger partial charge in [0.1, 0.15) is 11.3 Å². The molecule has 0 saturated heterocycles. The highest BCUT2D eigenvalue weighted by Crippen LogP contribution is 2.34. The first kappa shape index (κ1) is 18.7. The number of carbonyl (C=O) groups excluding carboxylic acids is 1. The third kappa shape index (κ3) is 3.56. The lowest BCUT2D eigenvalue weighted by Crippen LogP contribution is -2.35. The van der Waals surface area contributed by atoms with Crippen LogP contribution >= 0.6 is 15.9 Å². The lowest BCUT2D eigenvalue weighted by Gasteiger charge is -2.24. The van der Waals surface area contributed by atoms with E-state index >= 15 is 0 Å². The van der Waals surface area contributed by atoms with Gasteiger partial charge < -0.3 is 4.90 Å². The van der Waals surface area contributed by atoms with Gasteiger partial charge in [-0.05, 0) is 30.0 Å². The molecule has 1 aliphatic carbocycles. The van der Waals surface area contributed by atoms with Crippen molar-refractivity contribution in [2.24, 2.45) is 7.05 Å². The number of benzene rings is 1. The Bertz CT molecular complexity index is 861. The number of rotatable bonds is 6. The van der Waals surface area contributed by atoms with Gasteiger partial charge in [-0.15, -0.1) is 0 Å². The topological polar surface area (TPSA) is 38.1 Å². The maximum Gasteiger partial charge on any atom is 0.283 e. The molecular weight excluding hydrogens is 411 g/mol. The first-order valence-electron chi connectivity index (χ1n) is 8.05. The monoisotopic (exact) mass is 427 g/mol. The number of aryl methyl sites for hydroxylation is 1. The van der Waals surface area contributed by atoms with E-state index in [2.05, 4.69) is 27.6 Å². The molecule has 0 bridgehead atoms. The predicted octanol–water partition coefficient (Wildman–Crippen LogP) is 4.58. The number of amides is 1. The molecule has 0 atom stereocenters. The van der Waals surface area contributed by atoms with Gasteiger partial charge in [-0.1, -0.05) is 40.7 Å². The fourth-order valence-corrected chi connectivity index (χ4v) is 3.37. The van der Waals surface area contributed by atoms with Crippen molar-refractivity contribution in [2.45, 2.75) is 25.3 Å². The van der Waals surface area contributed by atoms with Crippen molar-refractivity contribution >= 4 is 27.4 Å². The van der Waals surface area contributed by atoms with Crippen LogP contribution in [0, 0.1) is 5.95 Å². The molecule has 0 radical (unpaired) electrons. The Balaban J connectivity index is 1.91. The second-order valence-electron chi connectivity index (χ2n) is 6.22. The van der Waals surface area contributed by atoms with E-state index in [4.69, 9.17) is 0 Å². The smallest absolute Gasteiger partial charge is 0.283 e. The highest BCUT2D eigenvalue weighted by Gasteiger charge is 2.38. The van der Waals surface area contributed by atoms with Crippen molar-refractivity contribution in [1.82, 2.24) is 14.7 Å². The normalized spacial score (nSPS) is 13.9. The average Bonchev–Trinajstić information content (AvgIpc) is 3.38. The molecule has 1 aromatic carbocycles. The third-order valence-corrected chi connectivity index (χ3v) is 4.98. The number of nitrogens with zero attached hydrogens (tertiary/aromatic N) is 3. The number of hydrogen-bond donors (Lipinski definition) is 0. The molecular formula is C18H17BrF3N3O. The van der Waals surface area contributed by atoms with Gasteiger partial charge in [0.25, 0.3) is 12.3 Å². The summed E-state index contributed by atoms with van der Waals surface area (Å²) in [6, 6.07) is 7.28. The lowest BCUT2D eigenvalue weighted by atomic mass is 10.1. The van der Waals surface area contributed by atoms with Gasteiger partial charge in [0.05, 0.1) is 0 Å². The Hall–Kier alpha value is -2.09. The van der Waals surface area contributed by atoms with Gasteiger partial charge >= 0.3 is 0 Å². The SMILES string of the molecule is C=C(CN(C(=O)c1c(C(F)F)nn(C)c1F)C1CC1)c1ccccc1Br. The molecule has 8 heteroatoms. The summed E-state index contributed by atoms with van der Waals surface area (Å²) in [5.41, 5.74) is -0.0335. The molecule has 0 N–H and O–H groups in total. The van der Waals surface area contributed by atoms with E-state index in [0.29, 0.717) is 10.3 Å². The molecule has 138 valence electrons. The molecule has 0 spiro atoms. The molecule has 2 aromatic rings. The summed E-state index contributed by atoms with van der Waals surface area (Å²) in [6.07, 6.45) is -1.53. The number of carbonyl (C=O) groups is 1. The van der Waals surface area contributed by atoms with Crippen LogP contribution in [0.15, 0.2) is 35.3 Å². The Kier molecular flexibility index (Phi) is 5.22. The van der Waals surface area contributed by atoms with E-state index < -0.39 is 29.5 Å². The highest BCUT2D eigenvalue weighted by atomic mass is 79.9. The maximum atomic E-state index is 14.3. The average molecular weight is 428 g/mol. The van der Waals surface area contributed by atoms with E-state index in [0.717, 1.165) is 22.9 Å². The number of alkyl halides is 2. The molecule has 26 heavy (non-hydrogen) atoms. The van der Waals surface area contributed by atoms with Gasteiger partial charge in [0, 0.05) is 24.1 Å². The second kappa shape index (κ2) is 7.26. The van der Waals surface area contributed by atoms with Gasteiger partial charge in [0.15, 0.2) is 0 Å². The maximum absolute atomic E-state index is 14.3. The van der Waals surface area contributed by atoms with Crippen LogP contribution in [0.2, 0.25) is 0 Å². The standard InChI is InChI=1S/C18H17BrF3N3O/c1-10(12-5-3-4-6-13(12)19)9-25(11-7-8-11)18(26)14-15(16(20)21)23-24(2)17(14)22/h3-6,11,16H,1,7-9H2,2H3. The molecule has 4 nitrogen and oxygen atoms in total. The first-order valence-corrected chi connectivity index (χ1v) is 8.84. The van der Waals surface area contributed by atoms with E-state index in [1.54, 1.807) is 0 Å². The molecule has 0 aliphatic heterocycles. The van der Waals surface area contributed by atoms with Crippen molar-refractivity contribution in [3.05, 3.63) is 58.1 Å². The Morgan fingerprint density at radius 1 is 1.42 bits per heavy atom. The lowest BCUT2D eigenvalue weighted by molar-refractivity contribution is 0.0747. The quantitative estimate of drug-likeness (QED) is 0.676. The van der Waals surface area contributed by atoms with Gasteiger partial charge in [-0.25, -0.2) is 13.5 Å². The van der Waals surface area contributed by atoms with Gasteiger partial charge in [-0.2, -0.15) is 9.49 Å². The van der Waals surface area contributed by atoms with Crippen molar-refractivity contribution in [1.29, 1.82) is 0 Å². The molecule has 1 aromatic heterocycles. The highest BCUT2D eigenvalue weighted by molar-refractivity contribution is 9.10. The summed E-state index contributed by atoms with van der Waals surface area (Å²) in [6.45, 7) is 4.14. The zero-order valence-electron chi connectivity index (χ0n) is 14.1. The zero-order valence-corrected chi connectivity index (χ0v) is 15.6. The summed E-state index contributed by atoms with van der Waals surface area (Å²) < 4.78 is 42.2. The summed E-state index contributed by atoms with van der Waals surface area (Å²) in [5.74, 6) is -1.83. The van der Waals surface area contributed by atoms with Crippen LogP contribution in [-0.2, 0) is 7.05 Å². The number of aromatic nitrogens is 2. The van der Waals surface area contributed by atoms with Crippen LogP contribution in [0.4, 0.5) is 13.2 Å². The molecule has 1 aliphatic rings. The van der Waals surface area contributed by atoms with Gasteiger partial charge in [0.2, 0.25) is 5.95 Å². The predicted molar refractivity (Wildman–Crippen MR) is 95.4 cm³/mol. The zero-order chi connectivity index (χ0) is 19.0. The van der Waals surface area contributed by atoms with Crippen LogP contribution in [0.1, 0.15) is 40.9 Å². The largest absolute Gasteiger partial charge is 0.331 e. The fourth-order valence-electron chi connectivity index (χ4n) is 2.81. The summed E-state index contributed by atoms with van der Waals surface area (Å²) in [7, 11) is 1.19. The first-order chi connectivity index (χ1) is 12.3. The minimum Gasteiger partial charge on any atom is -0.331 e. The molecule has 3 rings (SSSR count). The van der Waals surface area contributed by atoms with E-state index in [9.17, 15) is 18.0 Å². The fraction of sp³-hybridized carbons (Fsp3) is 0.333. The van der Waals surface area contributed by atoms with Crippen LogP contribution in [0.5, 0.6) is 0 Å². The van der Waals surface area contributed by atoms with Crippen molar-refractivity contribution in [3.63, 3.8) is 0 Å². The van der Waals surface area contributed by atoms with Crippen molar-refractivity contribution in [3.8, 4) is 0 Å². The summed E-state index contributed by atoms with van der Waals surface area (Å²) >= 11 is 3.43.